The molecule has 8 nitrogen and oxygen atoms in total. The van der Waals surface area contributed by atoms with Crippen molar-refractivity contribution in [2.24, 2.45) is 0 Å². The fourth-order valence-corrected chi connectivity index (χ4v) is 6.87. The zero-order valence-electron chi connectivity index (χ0n) is 15.2. The Labute approximate surface area is 158 Å². The quantitative estimate of drug-likeness (QED) is 0.467. The summed E-state index contributed by atoms with van der Waals surface area (Å²) in [6.45, 7) is 7.17. The fourth-order valence-electron chi connectivity index (χ4n) is 2.53. The summed E-state index contributed by atoms with van der Waals surface area (Å²) < 4.78 is 55.5. The summed E-state index contributed by atoms with van der Waals surface area (Å²) in [6.07, 6.45) is 0. The van der Waals surface area contributed by atoms with Crippen molar-refractivity contribution >= 4 is 32.6 Å². The van der Waals surface area contributed by atoms with Crippen molar-refractivity contribution in [1.82, 2.24) is 0 Å². The molecule has 0 fully saturated rings. The molecular formula is C15H24ClNO7P2. The van der Waals surface area contributed by atoms with Crippen LogP contribution in [-0.4, -0.2) is 32.4 Å². The number of hydrogen-bond acceptors (Lipinski definition) is 7. The van der Waals surface area contributed by atoms with Gasteiger partial charge >= 0.3 is 15.3 Å². The number of hydrogen-bond donors (Lipinski definition) is 0. The molecule has 1 heterocycles. The first-order valence-corrected chi connectivity index (χ1v) is 11.9. The van der Waals surface area contributed by atoms with Crippen LogP contribution in [0.5, 0.6) is 5.75 Å². The molecule has 0 aromatic heterocycles. The van der Waals surface area contributed by atoms with E-state index in [2.05, 4.69) is 0 Å². The van der Waals surface area contributed by atoms with Crippen molar-refractivity contribution in [3.8, 4) is 5.75 Å². The molecule has 1 unspecified atom stereocenters. The minimum absolute atomic E-state index is 0.114. The summed E-state index contributed by atoms with van der Waals surface area (Å²) in [4.78, 5) is 0. The molecular weight excluding hydrogens is 404 g/mol. The Hall–Kier alpha value is -0.590. The van der Waals surface area contributed by atoms with Crippen LogP contribution in [0.25, 0.3) is 0 Å². The highest BCUT2D eigenvalue weighted by Crippen LogP contribution is 2.68. The van der Waals surface area contributed by atoms with E-state index >= 15 is 0 Å². The molecule has 0 radical (unpaired) electrons. The van der Waals surface area contributed by atoms with Gasteiger partial charge in [0, 0.05) is 0 Å². The molecule has 1 aromatic rings. The van der Waals surface area contributed by atoms with E-state index in [0.717, 1.165) is 0 Å². The lowest BCUT2D eigenvalue weighted by Gasteiger charge is -2.33. The first-order chi connectivity index (χ1) is 12.4. The molecule has 0 aliphatic carbocycles. The van der Waals surface area contributed by atoms with Gasteiger partial charge in [-0.05, 0) is 39.8 Å². The monoisotopic (exact) mass is 427 g/mol. The molecule has 148 valence electrons. The molecule has 1 aromatic carbocycles. The average Bonchev–Trinajstić information content (AvgIpc) is 2.98. The first kappa shape index (κ1) is 21.7. The second kappa shape index (κ2) is 9.07. The summed E-state index contributed by atoms with van der Waals surface area (Å²) in [7, 11) is -7.76. The largest absolute Gasteiger partial charge is 0.454 e. The van der Waals surface area contributed by atoms with Gasteiger partial charge in [0.15, 0.2) is 5.75 Å². The van der Waals surface area contributed by atoms with Gasteiger partial charge in [0.25, 0.3) is 5.97 Å². The van der Waals surface area contributed by atoms with Crippen LogP contribution in [0.4, 0.5) is 5.69 Å². The normalized spacial score (nSPS) is 17.3. The number of benzene rings is 1. The molecule has 1 aliphatic rings. The van der Waals surface area contributed by atoms with Gasteiger partial charge in [-0.25, -0.2) is 9.24 Å². The summed E-state index contributed by atoms with van der Waals surface area (Å²) in [5.41, 5.74) is 0.340. The molecule has 0 bridgehead atoms. The van der Waals surface area contributed by atoms with Crippen molar-refractivity contribution in [3.63, 3.8) is 0 Å². The number of para-hydroxylation sites is 1. The van der Waals surface area contributed by atoms with Crippen LogP contribution in [-0.2, 0) is 27.2 Å². The van der Waals surface area contributed by atoms with E-state index in [1.165, 1.54) is 4.67 Å². The van der Waals surface area contributed by atoms with Crippen LogP contribution in [0, 0.1) is 0 Å². The van der Waals surface area contributed by atoms with Gasteiger partial charge < -0.3 is 13.8 Å². The van der Waals surface area contributed by atoms with Crippen molar-refractivity contribution < 1.29 is 32.0 Å². The maximum Gasteiger partial charge on any atom is 0.438 e. The second-order valence-electron chi connectivity index (χ2n) is 5.06. The van der Waals surface area contributed by atoms with Crippen LogP contribution in [0.1, 0.15) is 27.7 Å². The summed E-state index contributed by atoms with van der Waals surface area (Å²) >= 11 is 6.21. The van der Waals surface area contributed by atoms with Gasteiger partial charge in [0.1, 0.15) is 0 Å². The third kappa shape index (κ3) is 4.12. The minimum Gasteiger partial charge on any atom is -0.454 e. The zero-order chi connectivity index (χ0) is 19.4. The molecule has 1 atom stereocenters. The molecule has 0 spiro atoms. The van der Waals surface area contributed by atoms with Crippen LogP contribution in [0.2, 0.25) is 5.02 Å². The Morgan fingerprint density at radius 3 is 2.04 bits per heavy atom. The van der Waals surface area contributed by atoms with E-state index in [0.29, 0.717) is 5.69 Å². The van der Waals surface area contributed by atoms with Gasteiger partial charge in [0.2, 0.25) is 0 Å². The molecule has 0 N–H and O–H groups in total. The molecule has 26 heavy (non-hydrogen) atoms. The second-order valence-corrected chi connectivity index (χ2v) is 9.39. The van der Waals surface area contributed by atoms with Crippen molar-refractivity contribution in [3.05, 3.63) is 23.2 Å². The highest BCUT2D eigenvalue weighted by atomic mass is 35.5. The molecule has 0 saturated carbocycles. The minimum atomic E-state index is -3.90. The zero-order valence-corrected chi connectivity index (χ0v) is 17.8. The Morgan fingerprint density at radius 1 is 1.00 bits per heavy atom. The van der Waals surface area contributed by atoms with Crippen LogP contribution in [0.3, 0.4) is 0 Å². The Kier molecular flexibility index (Phi) is 7.57. The predicted molar refractivity (Wildman–Crippen MR) is 100 cm³/mol. The molecule has 2 rings (SSSR count). The Morgan fingerprint density at radius 2 is 1.54 bits per heavy atom. The van der Waals surface area contributed by atoms with E-state index in [1.807, 2.05) is 0 Å². The van der Waals surface area contributed by atoms with E-state index < -0.39 is 21.3 Å². The average molecular weight is 428 g/mol. The number of fused-ring (bicyclic) bond motifs is 1. The Bertz CT molecular complexity index is 697. The SMILES string of the molecule is CCOP(=O)(OCC)C1Oc2c(Cl)cccc2N1P(=O)(OCC)OCC. The number of anilines is 1. The van der Waals surface area contributed by atoms with Gasteiger partial charge in [-0.2, -0.15) is 0 Å². The highest BCUT2D eigenvalue weighted by Gasteiger charge is 2.55. The lowest BCUT2D eigenvalue weighted by Crippen LogP contribution is -2.35. The topological polar surface area (TPSA) is 83.5 Å². The number of nitrogens with zero attached hydrogens (tertiary/aromatic N) is 1. The summed E-state index contributed by atoms with van der Waals surface area (Å²) in [5.74, 6) is -1.13. The van der Waals surface area contributed by atoms with Crippen molar-refractivity contribution in [1.29, 1.82) is 0 Å². The maximum atomic E-state index is 13.5. The van der Waals surface area contributed by atoms with E-state index in [-0.39, 0.29) is 37.2 Å². The van der Waals surface area contributed by atoms with Crippen molar-refractivity contribution in [2.75, 3.05) is 31.1 Å². The van der Waals surface area contributed by atoms with Gasteiger partial charge in [-0.3, -0.25) is 13.6 Å². The predicted octanol–water partition coefficient (Wildman–Crippen LogP) is 5.27. The lowest BCUT2D eigenvalue weighted by molar-refractivity contribution is 0.163. The number of rotatable bonds is 10. The van der Waals surface area contributed by atoms with Crippen LogP contribution < -0.4 is 9.41 Å². The third-order valence-corrected chi connectivity index (χ3v) is 8.08. The van der Waals surface area contributed by atoms with E-state index in [9.17, 15) is 9.13 Å². The fraction of sp³-hybridized carbons (Fsp3) is 0.600. The van der Waals surface area contributed by atoms with Gasteiger partial charge in [-0.15, -0.1) is 0 Å². The van der Waals surface area contributed by atoms with Crippen LogP contribution in [0.15, 0.2) is 18.2 Å². The van der Waals surface area contributed by atoms with Gasteiger partial charge in [-0.1, -0.05) is 17.7 Å². The molecule has 0 saturated heterocycles. The number of ether oxygens (including phenoxy) is 1. The summed E-state index contributed by atoms with van der Waals surface area (Å²) in [5, 5.41) is 0.272. The standard InChI is InChI=1S/C15H24ClNO7P2/c1-5-20-25(18,21-6-2)15-17(26(19,22-7-3)23-8-4)13-11-9-10-12(16)14(13)24-15/h9-11,15H,5-8H2,1-4H3. The van der Waals surface area contributed by atoms with E-state index in [1.54, 1.807) is 45.9 Å². The molecule has 0 amide bonds. The van der Waals surface area contributed by atoms with Crippen LogP contribution >= 0.6 is 26.9 Å². The van der Waals surface area contributed by atoms with E-state index in [4.69, 9.17) is 34.4 Å². The molecule has 1 aliphatic heterocycles. The smallest absolute Gasteiger partial charge is 0.438 e. The maximum absolute atomic E-state index is 13.5. The highest BCUT2D eigenvalue weighted by molar-refractivity contribution is 7.60. The van der Waals surface area contributed by atoms with Gasteiger partial charge in [0.05, 0.1) is 37.1 Å². The molecule has 11 heteroatoms. The third-order valence-electron chi connectivity index (χ3n) is 3.36. The Balaban J connectivity index is 2.62. The van der Waals surface area contributed by atoms with Crippen molar-refractivity contribution in [2.45, 2.75) is 33.7 Å². The lowest BCUT2D eigenvalue weighted by atomic mass is 10.3. The summed E-state index contributed by atoms with van der Waals surface area (Å²) in [6, 6.07) is 4.90. The number of halogens is 1. The first-order valence-electron chi connectivity index (χ1n) is 8.39.